The molecule has 0 aromatic heterocycles. The molecule has 2 rings (SSSR count). The fraction of sp³-hybridized carbons (Fsp3) is 0.0625. The number of carbonyl (C=O) groups is 2. The molecule has 7 heteroatoms. The van der Waals surface area contributed by atoms with Gasteiger partial charge >= 0.3 is 11.8 Å². The molecule has 2 aromatic rings. The monoisotopic (exact) mass is 349 g/mol. The van der Waals surface area contributed by atoms with Crippen LogP contribution >= 0.6 is 23.2 Å². The third-order valence-corrected chi connectivity index (χ3v) is 3.75. The van der Waals surface area contributed by atoms with Gasteiger partial charge in [-0.3, -0.25) is 9.59 Å². The Bertz CT molecular complexity index is 776. The van der Waals surface area contributed by atoms with Crippen LogP contribution in [0.1, 0.15) is 11.1 Å². The fourth-order valence-corrected chi connectivity index (χ4v) is 2.07. The Balaban J connectivity index is 1.97. The van der Waals surface area contributed by atoms with Gasteiger partial charge in [-0.05, 0) is 30.7 Å². The van der Waals surface area contributed by atoms with E-state index < -0.39 is 11.8 Å². The van der Waals surface area contributed by atoms with Gasteiger partial charge in [0.05, 0.1) is 6.21 Å². The highest BCUT2D eigenvalue weighted by atomic mass is 35.5. The first-order chi connectivity index (χ1) is 11.0. The molecule has 0 aliphatic heterocycles. The van der Waals surface area contributed by atoms with Gasteiger partial charge in [-0.2, -0.15) is 5.10 Å². The molecular formula is C16H13Cl2N3O2. The Labute approximate surface area is 143 Å². The molecule has 2 N–H and O–H groups in total. The number of anilines is 1. The number of hydrogen-bond donors (Lipinski definition) is 2. The molecule has 0 aliphatic carbocycles. The molecule has 0 radical (unpaired) electrons. The average Bonchev–Trinajstić information content (AvgIpc) is 2.53. The van der Waals surface area contributed by atoms with Crippen molar-refractivity contribution in [3.63, 3.8) is 0 Å². The van der Waals surface area contributed by atoms with Crippen LogP contribution < -0.4 is 10.7 Å². The molecule has 0 unspecified atom stereocenters. The Hall–Kier alpha value is -2.37. The van der Waals surface area contributed by atoms with Gasteiger partial charge in [-0.1, -0.05) is 47.5 Å². The lowest BCUT2D eigenvalue weighted by molar-refractivity contribution is -0.136. The molecule has 118 valence electrons. The zero-order valence-corrected chi connectivity index (χ0v) is 13.7. The summed E-state index contributed by atoms with van der Waals surface area (Å²) in [4.78, 5) is 23.5. The standard InChI is InChI=1S/C16H13Cl2N3O2/c1-10-12(17)7-4-8-14(10)20-15(22)16(23)21-19-9-11-5-2-3-6-13(11)18/h2-9H,1H3,(H,20,22)(H,21,23)/b19-9-. The van der Waals surface area contributed by atoms with Gasteiger partial charge < -0.3 is 5.32 Å². The fourth-order valence-electron chi connectivity index (χ4n) is 1.71. The Morgan fingerprint density at radius 1 is 1.00 bits per heavy atom. The third kappa shape index (κ3) is 4.55. The topological polar surface area (TPSA) is 70.6 Å². The van der Waals surface area contributed by atoms with Crippen LogP contribution in [-0.2, 0) is 9.59 Å². The number of halogens is 2. The Kier molecular flexibility index (Phi) is 5.73. The number of amides is 2. The second-order valence-electron chi connectivity index (χ2n) is 4.59. The quantitative estimate of drug-likeness (QED) is 0.506. The van der Waals surface area contributed by atoms with Gasteiger partial charge in [-0.25, -0.2) is 5.43 Å². The van der Waals surface area contributed by atoms with E-state index in [0.717, 1.165) is 0 Å². The number of hydrazone groups is 1. The van der Waals surface area contributed by atoms with Crippen molar-refractivity contribution in [1.82, 2.24) is 5.43 Å². The molecule has 0 heterocycles. The van der Waals surface area contributed by atoms with E-state index in [-0.39, 0.29) is 0 Å². The van der Waals surface area contributed by atoms with Crippen molar-refractivity contribution in [2.75, 3.05) is 5.32 Å². The number of nitrogens with one attached hydrogen (secondary N) is 2. The van der Waals surface area contributed by atoms with Crippen LogP contribution in [0.5, 0.6) is 0 Å². The summed E-state index contributed by atoms with van der Waals surface area (Å²) in [6, 6.07) is 12.0. The van der Waals surface area contributed by atoms with E-state index in [9.17, 15) is 9.59 Å². The van der Waals surface area contributed by atoms with Crippen molar-refractivity contribution < 1.29 is 9.59 Å². The Morgan fingerprint density at radius 2 is 1.70 bits per heavy atom. The normalized spacial score (nSPS) is 10.6. The number of benzene rings is 2. The van der Waals surface area contributed by atoms with Gasteiger partial charge in [0.1, 0.15) is 0 Å². The highest BCUT2D eigenvalue weighted by Gasteiger charge is 2.14. The van der Waals surface area contributed by atoms with Gasteiger partial charge in [0.25, 0.3) is 0 Å². The molecule has 0 bridgehead atoms. The first kappa shape index (κ1) is 17.0. The van der Waals surface area contributed by atoms with E-state index in [4.69, 9.17) is 23.2 Å². The van der Waals surface area contributed by atoms with Crippen molar-refractivity contribution in [3.8, 4) is 0 Å². The van der Waals surface area contributed by atoms with E-state index in [0.29, 0.717) is 26.9 Å². The predicted molar refractivity (Wildman–Crippen MR) is 92.0 cm³/mol. The molecule has 0 spiro atoms. The number of carbonyl (C=O) groups excluding carboxylic acids is 2. The molecule has 0 saturated heterocycles. The lowest BCUT2D eigenvalue weighted by Gasteiger charge is -2.08. The summed E-state index contributed by atoms with van der Waals surface area (Å²) in [7, 11) is 0. The Morgan fingerprint density at radius 3 is 2.43 bits per heavy atom. The van der Waals surface area contributed by atoms with Crippen molar-refractivity contribution >= 4 is 46.9 Å². The van der Waals surface area contributed by atoms with E-state index in [1.807, 2.05) is 0 Å². The van der Waals surface area contributed by atoms with Crippen molar-refractivity contribution in [1.29, 1.82) is 0 Å². The van der Waals surface area contributed by atoms with Crippen LogP contribution in [0.2, 0.25) is 10.0 Å². The third-order valence-electron chi connectivity index (χ3n) is 3.00. The van der Waals surface area contributed by atoms with E-state index in [2.05, 4.69) is 15.8 Å². The first-order valence-corrected chi connectivity index (χ1v) is 7.38. The zero-order chi connectivity index (χ0) is 16.8. The van der Waals surface area contributed by atoms with Crippen molar-refractivity contribution in [2.45, 2.75) is 6.92 Å². The van der Waals surface area contributed by atoms with Crippen LogP contribution in [0.25, 0.3) is 0 Å². The highest BCUT2D eigenvalue weighted by molar-refractivity contribution is 6.40. The summed E-state index contributed by atoms with van der Waals surface area (Å²) in [5.41, 5.74) is 3.91. The number of hydrogen-bond acceptors (Lipinski definition) is 3. The van der Waals surface area contributed by atoms with Crippen LogP contribution in [-0.4, -0.2) is 18.0 Å². The highest BCUT2D eigenvalue weighted by Crippen LogP contribution is 2.22. The molecule has 2 amide bonds. The maximum absolute atomic E-state index is 11.8. The predicted octanol–water partition coefficient (Wildman–Crippen LogP) is 3.39. The van der Waals surface area contributed by atoms with E-state index in [1.54, 1.807) is 49.4 Å². The van der Waals surface area contributed by atoms with Crippen LogP contribution in [0, 0.1) is 6.92 Å². The lowest BCUT2D eigenvalue weighted by Crippen LogP contribution is -2.32. The number of rotatable bonds is 3. The summed E-state index contributed by atoms with van der Waals surface area (Å²) < 4.78 is 0. The SMILES string of the molecule is Cc1c(Cl)cccc1NC(=O)C(=O)N/N=C\c1ccccc1Cl. The van der Waals surface area contributed by atoms with E-state index >= 15 is 0 Å². The van der Waals surface area contributed by atoms with Crippen molar-refractivity contribution in [3.05, 3.63) is 63.6 Å². The minimum atomic E-state index is -0.896. The smallest absolute Gasteiger partial charge is 0.317 e. The second-order valence-corrected chi connectivity index (χ2v) is 5.40. The van der Waals surface area contributed by atoms with Gasteiger partial charge in [-0.15, -0.1) is 0 Å². The zero-order valence-electron chi connectivity index (χ0n) is 12.1. The van der Waals surface area contributed by atoms with Crippen LogP contribution in [0.3, 0.4) is 0 Å². The molecule has 0 saturated carbocycles. The number of nitrogens with zero attached hydrogens (tertiary/aromatic N) is 1. The second kappa shape index (κ2) is 7.76. The summed E-state index contributed by atoms with van der Waals surface area (Å²) in [6.45, 7) is 1.74. The van der Waals surface area contributed by atoms with Gasteiger partial charge in [0.15, 0.2) is 0 Å². The first-order valence-electron chi connectivity index (χ1n) is 6.63. The van der Waals surface area contributed by atoms with Crippen LogP contribution in [0.4, 0.5) is 5.69 Å². The minimum absolute atomic E-state index is 0.465. The van der Waals surface area contributed by atoms with Gasteiger partial charge in [0.2, 0.25) is 0 Å². The molecule has 0 fully saturated rings. The maximum Gasteiger partial charge on any atom is 0.329 e. The summed E-state index contributed by atoms with van der Waals surface area (Å²) >= 11 is 11.9. The van der Waals surface area contributed by atoms with Crippen LogP contribution in [0.15, 0.2) is 47.6 Å². The largest absolute Gasteiger partial charge is 0.329 e. The molecule has 0 aliphatic rings. The molecule has 0 atom stereocenters. The van der Waals surface area contributed by atoms with Crippen molar-refractivity contribution in [2.24, 2.45) is 5.10 Å². The summed E-state index contributed by atoms with van der Waals surface area (Å²) in [6.07, 6.45) is 1.36. The van der Waals surface area contributed by atoms with E-state index in [1.165, 1.54) is 6.21 Å². The summed E-state index contributed by atoms with van der Waals surface area (Å²) in [5.74, 6) is -1.74. The average molecular weight is 350 g/mol. The minimum Gasteiger partial charge on any atom is -0.317 e. The lowest BCUT2D eigenvalue weighted by atomic mass is 10.2. The van der Waals surface area contributed by atoms with Gasteiger partial charge in [0, 0.05) is 21.3 Å². The molecule has 2 aromatic carbocycles. The summed E-state index contributed by atoms with van der Waals surface area (Å²) in [5, 5.41) is 7.17. The molecular weight excluding hydrogens is 337 g/mol. The maximum atomic E-state index is 11.8. The molecule has 5 nitrogen and oxygen atoms in total. The molecule has 23 heavy (non-hydrogen) atoms.